The Bertz CT molecular complexity index is 871. The van der Waals surface area contributed by atoms with Crippen LogP contribution in [0.4, 0.5) is 5.13 Å². The van der Waals surface area contributed by atoms with Gasteiger partial charge in [-0.05, 0) is 55.7 Å². The molecule has 0 aliphatic heterocycles. The van der Waals surface area contributed by atoms with Crippen LogP contribution >= 0.6 is 11.3 Å². The average Bonchev–Trinajstić information content (AvgIpc) is 2.92. The number of para-hydroxylation sites is 1. The molecule has 5 heteroatoms. The molecule has 0 radical (unpaired) electrons. The molecule has 23 heavy (non-hydrogen) atoms. The molecule has 0 spiro atoms. The van der Waals surface area contributed by atoms with Gasteiger partial charge in [-0.3, -0.25) is 10.1 Å². The number of benzene rings is 2. The molecule has 2 aromatic carbocycles. The number of hydrogen-bond donors (Lipinski definition) is 1. The first-order chi connectivity index (χ1) is 11.0. The van der Waals surface area contributed by atoms with E-state index in [4.69, 9.17) is 4.74 Å². The van der Waals surface area contributed by atoms with E-state index in [0.717, 1.165) is 21.3 Å². The van der Waals surface area contributed by atoms with Gasteiger partial charge in [-0.25, -0.2) is 4.98 Å². The van der Waals surface area contributed by atoms with Crippen molar-refractivity contribution in [3.05, 3.63) is 53.1 Å². The molecule has 0 atom stereocenters. The number of carbonyl (C=O) groups is 1. The van der Waals surface area contributed by atoms with Gasteiger partial charge in [0, 0.05) is 0 Å². The van der Waals surface area contributed by atoms with Crippen molar-refractivity contribution >= 4 is 32.6 Å². The standard InChI is InChI=1S/C18H18N2O2S/c1-11-7-8-14(9-13(11)3)22-10-16(21)19-18-20-17-12(2)5-4-6-15(17)23-18/h4-9H,10H2,1-3H3,(H,19,20,21). The van der Waals surface area contributed by atoms with Gasteiger partial charge in [-0.1, -0.05) is 29.5 Å². The lowest BCUT2D eigenvalue weighted by atomic mass is 10.1. The van der Waals surface area contributed by atoms with Crippen LogP contribution in [0.15, 0.2) is 36.4 Å². The minimum Gasteiger partial charge on any atom is -0.484 e. The number of ether oxygens (including phenoxy) is 1. The Hall–Kier alpha value is -2.40. The summed E-state index contributed by atoms with van der Waals surface area (Å²) in [7, 11) is 0. The highest BCUT2D eigenvalue weighted by Gasteiger charge is 2.10. The first-order valence-corrected chi connectivity index (χ1v) is 8.20. The molecule has 1 heterocycles. The van der Waals surface area contributed by atoms with Gasteiger partial charge in [-0.15, -0.1) is 0 Å². The largest absolute Gasteiger partial charge is 0.484 e. The zero-order chi connectivity index (χ0) is 16.4. The van der Waals surface area contributed by atoms with Crippen LogP contribution in [0.5, 0.6) is 5.75 Å². The fourth-order valence-electron chi connectivity index (χ4n) is 2.25. The third-order valence-corrected chi connectivity index (χ3v) is 4.65. The smallest absolute Gasteiger partial charge is 0.264 e. The van der Waals surface area contributed by atoms with Crippen molar-refractivity contribution in [2.24, 2.45) is 0 Å². The van der Waals surface area contributed by atoms with Gasteiger partial charge < -0.3 is 4.74 Å². The Morgan fingerprint density at radius 3 is 2.70 bits per heavy atom. The molecule has 118 valence electrons. The molecule has 0 unspecified atom stereocenters. The molecule has 0 bridgehead atoms. The van der Waals surface area contributed by atoms with Crippen molar-refractivity contribution in [1.82, 2.24) is 4.98 Å². The van der Waals surface area contributed by atoms with Crippen LogP contribution in [0, 0.1) is 20.8 Å². The highest BCUT2D eigenvalue weighted by Crippen LogP contribution is 2.27. The van der Waals surface area contributed by atoms with E-state index in [9.17, 15) is 4.79 Å². The second-order valence-corrected chi connectivity index (χ2v) is 6.55. The van der Waals surface area contributed by atoms with E-state index < -0.39 is 0 Å². The molecule has 1 N–H and O–H groups in total. The molecule has 0 saturated heterocycles. The first kappa shape index (κ1) is 15.5. The maximum Gasteiger partial charge on any atom is 0.264 e. The van der Waals surface area contributed by atoms with Crippen molar-refractivity contribution < 1.29 is 9.53 Å². The lowest BCUT2D eigenvalue weighted by Crippen LogP contribution is -2.20. The minimum atomic E-state index is -0.208. The topological polar surface area (TPSA) is 51.2 Å². The number of nitrogens with zero attached hydrogens (tertiary/aromatic N) is 1. The van der Waals surface area contributed by atoms with Crippen LogP contribution in [0.3, 0.4) is 0 Å². The summed E-state index contributed by atoms with van der Waals surface area (Å²) in [6, 6.07) is 11.8. The van der Waals surface area contributed by atoms with Crippen LogP contribution in [-0.2, 0) is 4.79 Å². The minimum absolute atomic E-state index is 0.0303. The maximum atomic E-state index is 12.0. The monoisotopic (exact) mass is 326 g/mol. The normalized spacial score (nSPS) is 10.7. The number of anilines is 1. The van der Waals surface area contributed by atoms with Crippen LogP contribution in [0.2, 0.25) is 0 Å². The average molecular weight is 326 g/mol. The summed E-state index contributed by atoms with van der Waals surface area (Å²) in [5.41, 5.74) is 4.38. The second kappa shape index (κ2) is 6.38. The Morgan fingerprint density at radius 1 is 1.13 bits per heavy atom. The molecule has 3 aromatic rings. The van der Waals surface area contributed by atoms with Gasteiger partial charge in [-0.2, -0.15) is 0 Å². The van der Waals surface area contributed by atoms with Crippen molar-refractivity contribution in [3.8, 4) is 5.75 Å². The molecule has 1 amide bonds. The number of aryl methyl sites for hydroxylation is 3. The predicted octanol–water partition coefficient (Wildman–Crippen LogP) is 4.24. The Kier molecular flexibility index (Phi) is 4.30. The SMILES string of the molecule is Cc1ccc(OCC(=O)Nc2nc3c(C)cccc3s2)cc1C. The number of hydrogen-bond acceptors (Lipinski definition) is 4. The van der Waals surface area contributed by atoms with Gasteiger partial charge in [0.15, 0.2) is 11.7 Å². The van der Waals surface area contributed by atoms with E-state index in [1.807, 2.05) is 57.2 Å². The lowest BCUT2D eigenvalue weighted by molar-refractivity contribution is -0.118. The van der Waals surface area contributed by atoms with E-state index in [1.54, 1.807) is 0 Å². The summed E-state index contributed by atoms with van der Waals surface area (Å²) >= 11 is 1.47. The number of aromatic nitrogens is 1. The molecule has 3 rings (SSSR count). The van der Waals surface area contributed by atoms with Crippen LogP contribution < -0.4 is 10.1 Å². The van der Waals surface area contributed by atoms with Gasteiger partial charge in [0.05, 0.1) is 10.2 Å². The van der Waals surface area contributed by atoms with Gasteiger partial charge in [0.25, 0.3) is 5.91 Å². The van der Waals surface area contributed by atoms with E-state index in [-0.39, 0.29) is 12.5 Å². The van der Waals surface area contributed by atoms with Crippen LogP contribution in [-0.4, -0.2) is 17.5 Å². The first-order valence-electron chi connectivity index (χ1n) is 7.39. The highest BCUT2D eigenvalue weighted by atomic mass is 32.1. The fourth-order valence-corrected chi connectivity index (χ4v) is 3.21. The Labute approximate surface area is 139 Å². The molecular formula is C18H18N2O2S. The molecule has 0 aliphatic rings. The summed E-state index contributed by atoms with van der Waals surface area (Å²) in [4.78, 5) is 16.5. The lowest BCUT2D eigenvalue weighted by Gasteiger charge is -2.07. The summed E-state index contributed by atoms with van der Waals surface area (Å²) in [5, 5.41) is 3.40. The quantitative estimate of drug-likeness (QED) is 0.780. The van der Waals surface area contributed by atoms with E-state index >= 15 is 0 Å². The van der Waals surface area contributed by atoms with Crippen molar-refractivity contribution in [1.29, 1.82) is 0 Å². The van der Waals surface area contributed by atoms with Crippen molar-refractivity contribution in [2.45, 2.75) is 20.8 Å². The van der Waals surface area contributed by atoms with E-state index in [0.29, 0.717) is 10.9 Å². The maximum absolute atomic E-state index is 12.0. The molecule has 4 nitrogen and oxygen atoms in total. The summed E-state index contributed by atoms with van der Waals surface area (Å²) in [6.07, 6.45) is 0. The second-order valence-electron chi connectivity index (χ2n) is 5.52. The number of rotatable bonds is 4. The van der Waals surface area contributed by atoms with E-state index in [2.05, 4.69) is 10.3 Å². The number of fused-ring (bicyclic) bond motifs is 1. The molecule has 0 aliphatic carbocycles. The van der Waals surface area contributed by atoms with Crippen molar-refractivity contribution in [2.75, 3.05) is 11.9 Å². The summed E-state index contributed by atoms with van der Waals surface area (Å²) in [6.45, 7) is 6.04. The summed E-state index contributed by atoms with van der Waals surface area (Å²) in [5.74, 6) is 0.489. The fraction of sp³-hybridized carbons (Fsp3) is 0.222. The third kappa shape index (κ3) is 3.51. The number of carbonyl (C=O) groups excluding carboxylic acids is 1. The van der Waals surface area contributed by atoms with Gasteiger partial charge in [0.1, 0.15) is 5.75 Å². The van der Waals surface area contributed by atoms with Crippen LogP contribution in [0.1, 0.15) is 16.7 Å². The zero-order valence-corrected chi connectivity index (χ0v) is 14.2. The zero-order valence-electron chi connectivity index (χ0n) is 13.3. The number of nitrogens with one attached hydrogen (secondary N) is 1. The number of thiazole rings is 1. The summed E-state index contributed by atoms with van der Waals surface area (Å²) < 4.78 is 6.60. The predicted molar refractivity (Wildman–Crippen MR) is 94.4 cm³/mol. The Balaban J connectivity index is 1.64. The highest BCUT2D eigenvalue weighted by molar-refractivity contribution is 7.22. The Morgan fingerprint density at radius 2 is 1.96 bits per heavy atom. The molecule has 0 saturated carbocycles. The van der Waals surface area contributed by atoms with Crippen LogP contribution in [0.25, 0.3) is 10.2 Å². The van der Waals surface area contributed by atoms with Gasteiger partial charge >= 0.3 is 0 Å². The molecular weight excluding hydrogens is 308 g/mol. The molecule has 1 aromatic heterocycles. The third-order valence-electron chi connectivity index (χ3n) is 3.72. The number of amides is 1. The molecule has 0 fully saturated rings. The van der Waals surface area contributed by atoms with Gasteiger partial charge in [0.2, 0.25) is 0 Å². The van der Waals surface area contributed by atoms with E-state index in [1.165, 1.54) is 16.9 Å². The van der Waals surface area contributed by atoms with Crippen molar-refractivity contribution in [3.63, 3.8) is 0 Å².